The van der Waals surface area contributed by atoms with Crippen molar-refractivity contribution in [2.24, 2.45) is 0 Å². The van der Waals surface area contributed by atoms with Gasteiger partial charge in [0.1, 0.15) is 6.07 Å². The van der Waals surface area contributed by atoms with Gasteiger partial charge in [0.25, 0.3) is 11.6 Å². The maximum atomic E-state index is 12.8. The van der Waals surface area contributed by atoms with E-state index in [1.807, 2.05) is 11.0 Å². The van der Waals surface area contributed by atoms with Crippen molar-refractivity contribution in [2.45, 2.75) is 0 Å². The number of hydrogen-bond acceptors (Lipinski definition) is 6. The lowest BCUT2D eigenvalue weighted by molar-refractivity contribution is -0.384. The second-order valence-electron chi connectivity index (χ2n) is 5.82. The monoisotopic (exact) mass is 386 g/mol. The van der Waals surface area contributed by atoms with E-state index in [4.69, 9.17) is 21.6 Å². The first kappa shape index (κ1) is 18.6. The topological polar surface area (TPSA) is 108 Å². The highest BCUT2D eigenvalue weighted by atomic mass is 35.5. The largest absolute Gasteiger partial charge is 0.378 e. The molecule has 2 aromatic rings. The number of morpholine rings is 1. The minimum atomic E-state index is -0.543. The third-order valence-electron chi connectivity index (χ3n) is 4.13. The van der Waals surface area contributed by atoms with Crippen LogP contribution in [-0.4, -0.2) is 37.1 Å². The zero-order chi connectivity index (χ0) is 19.4. The van der Waals surface area contributed by atoms with E-state index in [0.29, 0.717) is 43.2 Å². The molecule has 0 atom stereocenters. The first-order chi connectivity index (χ1) is 13.0. The second kappa shape index (κ2) is 8.03. The van der Waals surface area contributed by atoms with Crippen molar-refractivity contribution in [1.82, 2.24) is 0 Å². The van der Waals surface area contributed by atoms with Crippen LogP contribution in [0.3, 0.4) is 0 Å². The molecule has 1 saturated heterocycles. The van der Waals surface area contributed by atoms with Crippen LogP contribution in [0.2, 0.25) is 5.02 Å². The molecular formula is C18H15ClN4O4. The first-order valence-electron chi connectivity index (χ1n) is 8.11. The molecular weight excluding hydrogens is 372 g/mol. The fourth-order valence-corrected chi connectivity index (χ4v) is 3.00. The number of carbonyl (C=O) groups is 1. The Bertz CT molecular complexity index is 935. The number of anilines is 2. The number of hydrogen-bond donors (Lipinski definition) is 1. The Morgan fingerprint density at radius 2 is 2.00 bits per heavy atom. The molecule has 8 nitrogen and oxygen atoms in total. The molecule has 3 rings (SSSR count). The highest BCUT2D eigenvalue weighted by Crippen LogP contribution is 2.28. The van der Waals surface area contributed by atoms with E-state index in [9.17, 15) is 14.9 Å². The number of ether oxygens (including phenoxy) is 1. The van der Waals surface area contributed by atoms with Gasteiger partial charge in [-0.3, -0.25) is 14.9 Å². The Balaban J connectivity index is 1.93. The fraction of sp³-hybridized carbons (Fsp3) is 0.222. The predicted molar refractivity (Wildman–Crippen MR) is 100 cm³/mol. The molecule has 0 bridgehead atoms. The Morgan fingerprint density at radius 1 is 1.26 bits per heavy atom. The predicted octanol–water partition coefficient (Wildman–Crippen LogP) is 3.21. The molecule has 27 heavy (non-hydrogen) atoms. The molecule has 138 valence electrons. The van der Waals surface area contributed by atoms with Crippen LogP contribution in [0, 0.1) is 21.4 Å². The molecule has 0 saturated carbocycles. The molecule has 9 heteroatoms. The number of halogens is 1. The average molecular weight is 387 g/mol. The van der Waals surface area contributed by atoms with Crippen molar-refractivity contribution < 1.29 is 14.5 Å². The van der Waals surface area contributed by atoms with Crippen LogP contribution in [0.5, 0.6) is 0 Å². The smallest absolute Gasteiger partial charge is 0.270 e. The molecule has 0 aromatic heterocycles. The van der Waals surface area contributed by atoms with Gasteiger partial charge in [-0.1, -0.05) is 11.6 Å². The summed E-state index contributed by atoms with van der Waals surface area (Å²) >= 11 is 5.99. The van der Waals surface area contributed by atoms with Gasteiger partial charge in [-0.25, -0.2) is 0 Å². The third kappa shape index (κ3) is 4.16. The molecule has 1 aliphatic rings. The quantitative estimate of drug-likeness (QED) is 0.638. The van der Waals surface area contributed by atoms with E-state index >= 15 is 0 Å². The van der Waals surface area contributed by atoms with Crippen LogP contribution in [0.4, 0.5) is 17.1 Å². The van der Waals surface area contributed by atoms with Crippen molar-refractivity contribution in [3.63, 3.8) is 0 Å². The number of carbonyl (C=O) groups excluding carboxylic acids is 1. The minimum absolute atomic E-state index is 0.171. The van der Waals surface area contributed by atoms with Crippen LogP contribution < -0.4 is 10.2 Å². The normalized spacial score (nSPS) is 13.7. The number of nitro groups is 1. The van der Waals surface area contributed by atoms with Gasteiger partial charge in [0.05, 0.1) is 40.0 Å². The number of nitrogens with zero attached hydrogens (tertiary/aromatic N) is 3. The number of benzene rings is 2. The summed E-state index contributed by atoms with van der Waals surface area (Å²) in [6, 6.07) is 10.7. The number of nitro benzene ring substituents is 1. The van der Waals surface area contributed by atoms with Crippen molar-refractivity contribution in [3.05, 3.63) is 62.7 Å². The third-order valence-corrected chi connectivity index (χ3v) is 4.45. The highest BCUT2D eigenvalue weighted by Gasteiger charge is 2.22. The highest BCUT2D eigenvalue weighted by molar-refractivity contribution is 6.32. The summed E-state index contributed by atoms with van der Waals surface area (Å²) in [7, 11) is 0. The summed E-state index contributed by atoms with van der Waals surface area (Å²) < 4.78 is 5.32. The van der Waals surface area contributed by atoms with Crippen molar-refractivity contribution in [3.8, 4) is 6.07 Å². The van der Waals surface area contributed by atoms with Crippen molar-refractivity contribution >= 4 is 34.6 Å². The Hall–Kier alpha value is -3.15. The second-order valence-corrected chi connectivity index (χ2v) is 6.23. The Labute approximate surface area is 160 Å². The van der Waals surface area contributed by atoms with E-state index in [1.54, 1.807) is 12.1 Å². The zero-order valence-electron chi connectivity index (χ0n) is 14.1. The van der Waals surface area contributed by atoms with Crippen LogP contribution in [-0.2, 0) is 4.74 Å². The summed E-state index contributed by atoms with van der Waals surface area (Å²) in [4.78, 5) is 25.4. The number of nitriles is 1. The molecule has 1 heterocycles. The number of nitrogens with one attached hydrogen (secondary N) is 1. The van der Waals surface area contributed by atoms with Gasteiger partial charge in [0.15, 0.2) is 0 Å². The van der Waals surface area contributed by atoms with E-state index in [0.717, 1.165) is 0 Å². The summed E-state index contributed by atoms with van der Waals surface area (Å²) in [6.45, 7) is 2.20. The van der Waals surface area contributed by atoms with E-state index in [1.165, 1.54) is 24.3 Å². The molecule has 1 aliphatic heterocycles. The van der Waals surface area contributed by atoms with Gasteiger partial charge in [-0.05, 0) is 24.3 Å². The number of amides is 1. The van der Waals surface area contributed by atoms with Gasteiger partial charge in [0.2, 0.25) is 0 Å². The van der Waals surface area contributed by atoms with Crippen LogP contribution in [0.25, 0.3) is 0 Å². The first-order valence-corrected chi connectivity index (χ1v) is 8.49. The zero-order valence-corrected chi connectivity index (χ0v) is 14.9. The molecule has 1 N–H and O–H groups in total. The van der Waals surface area contributed by atoms with E-state index in [-0.39, 0.29) is 16.3 Å². The maximum Gasteiger partial charge on any atom is 0.270 e. The molecule has 0 spiro atoms. The van der Waals surface area contributed by atoms with E-state index < -0.39 is 10.8 Å². The van der Waals surface area contributed by atoms with E-state index in [2.05, 4.69) is 5.32 Å². The lowest BCUT2D eigenvalue weighted by Crippen LogP contribution is -2.37. The van der Waals surface area contributed by atoms with Gasteiger partial charge >= 0.3 is 0 Å². The van der Waals surface area contributed by atoms with Gasteiger partial charge in [-0.15, -0.1) is 0 Å². The summed E-state index contributed by atoms with van der Waals surface area (Å²) in [5, 5.41) is 23.0. The van der Waals surface area contributed by atoms with Gasteiger partial charge < -0.3 is 15.0 Å². The molecule has 1 fully saturated rings. The molecule has 1 amide bonds. The van der Waals surface area contributed by atoms with Crippen molar-refractivity contribution in [1.29, 1.82) is 5.26 Å². The van der Waals surface area contributed by atoms with Gasteiger partial charge in [0, 0.05) is 30.9 Å². The summed E-state index contributed by atoms with van der Waals surface area (Å²) in [5.41, 5.74) is 1.30. The van der Waals surface area contributed by atoms with Crippen LogP contribution in [0.1, 0.15) is 15.9 Å². The molecule has 0 radical (unpaired) electrons. The van der Waals surface area contributed by atoms with Crippen molar-refractivity contribution in [2.75, 3.05) is 36.5 Å². The SMILES string of the molecule is N#Cc1ccc(NC(=O)c2cc([N+](=O)[O-])ccc2N2CCOCC2)cc1Cl. The number of non-ortho nitro benzene ring substituents is 1. The Kier molecular flexibility index (Phi) is 5.54. The average Bonchev–Trinajstić information content (AvgIpc) is 2.68. The maximum absolute atomic E-state index is 12.8. The molecule has 0 unspecified atom stereocenters. The van der Waals surface area contributed by atoms with Gasteiger partial charge in [-0.2, -0.15) is 5.26 Å². The summed E-state index contributed by atoms with van der Waals surface area (Å²) in [5.74, 6) is -0.499. The van der Waals surface area contributed by atoms with Crippen LogP contribution in [0.15, 0.2) is 36.4 Å². The molecule has 2 aromatic carbocycles. The number of rotatable bonds is 4. The summed E-state index contributed by atoms with van der Waals surface area (Å²) in [6.07, 6.45) is 0. The lowest BCUT2D eigenvalue weighted by atomic mass is 10.1. The minimum Gasteiger partial charge on any atom is -0.378 e. The Morgan fingerprint density at radius 3 is 2.63 bits per heavy atom. The fourth-order valence-electron chi connectivity index (χ4n) is 2.78. The van der Waals surface area contributed by atoms with Crippen LogP contribution >= 0.6 is 11.6 Å². The lowest BCUT2D eigenvalue weighted by Gasteiger charge is -2.30. The standard InChI is InChI=1S/C18H15ClN4O4/c19-16-9-13(2-1-12(16)11-20)21-18(24)15-10-14(23(25)26)3-4-17(15)22-5-7-27-8-6-22/h1-4,9-10H,5-8H2,(H,21,24). The molecule has 0 aliphatic carbocycles.